The van der Waals surface area contributed by atoms with E-state index in [-0.39, 0.29) is 24.6 Å². The van der Waals surface area contributed by atoms with E-state index in [1.54, 1.807) is 26.8 Å². The second-order valence-electron chi connectivity index (χ2n) is 9.29. The highest BCUT2D eigenvalue weighted by molar-refractivity contribution is 5.91. The number of hydrogen-bond donors (Lipinski definition) is 0. The molecule has 0 saturated carbocycles. The third-order valence-corrected chi connectivity index (χ3v) is 5.81. The van der Waals surface area contributed by atoms with Crippen molar-refractivity contribution in [1.82, 2.24) is 0 Å². The SMILES string of the molecule is [C-]#[N+]c1cc2c(cc1F)C[C@H](CC=C)[C@]2(CC(=O)OC(C)(C)C)C(=O)OCc1ccccc1. The summed E-state index contributed by atoms with van der Waals surface area (Å²) < 4.78 is 25.7. The number of nitrogens with zero attached hydrogens (tertiary/aromatic N) is 1. The quantitative estimate of drug-likeness (QED) is 0.303. The maximum atomic E-state index is 14.4. The Morgan fingerprint density at radius 2 is 1.97 bits per heavy atom. The molecule has 0 unspecified atom stereocenters. The predicted octanol–water partition coefficient (Wildman–Crippen LogP) is 5.84. The fraction of sp³-hybridized carbons (Fsp3) is 0.370. The Morgan fingerprint density at radius 3 is 2.58 bits per heavy atom. The highest BCUT2D eigenvalue weighted by Crippen LogP contribution is 2.50. The molecule has 6 heteroatoms. The molecule has 2 aromatic carbocycles. The number of carbonyl (C=O) groups excluding carboxylic acids is 2. The summed E-state index contributed by atoms with van der Waals surface area (Å²) in [6.07, 6.45) is 2.18. The first kappa shape index (κ1) is 24.2. The van der Waals surface area contributed by atoms with Gasteiger partial charge >= 0.3 is 11.9 Å². The fourth-order valence-electron chi connectivity index (χ4n) is 4.46. The van der Waals surface area contributed by atoms with E-state index in [2.05, 4.69) is 11.4 Å². The Morgan fingerprint density at radius 1 is 1.27 bits per heavy atom. The Kier molecular flexibility index (Phi) is 7.02. The average molecular weight is 450 g/mol. The minimum atomic E-state index is -1.41. The highest BCUT2D eigenvalue weighted by atomic mass is 19.1. The zero-order valence-electron chi connectivity index (χ0n) is 19.2. The van der Waals surface area contributed by atoms with Gasteiger partial charge in [-0.3, -0.25) is 9.59 Å². The van der Waals surface area contributed by atoms with Crippen LogP contribution in [-0.4, -0.2) is 17.5 Å². The molecule has 33 heavy (non-hydrogen) atoms. The first-order valence-corrected chi connectivity index (χ1v) is 10.8. The van der Waals surface area contributed by atoms with E-state index in [4.69, 9.17) is 16.0 Å². The van der Waals surface area contributed by atoms with Crippen molar-refractivity contribution < 1.29 is 23.5 Å². The van der Waals surface area contributed by atoms with Gasteiger partial charge in [-0.2, -0.15) is 0 Å². The summed E-state index contributed by atoms with van der Waals surface area (Å²) in [7, 11) is 0. The van der Waals surface area contributed by atoms with Crippen LogP contribution in [0.2, 0.25) is 0 Å². The molecule has 0 heterocycles. The minimum absolute atomic E-state index is 0.0305. The zero-order valence-corrected chi connectivity index (χ0v) is 19.2. The maximum absolute atomic E-state index is 14.4. The number of ether oxygens (including phenoxy) is 2. The van der Waals surface area contributed by atoms with Crippen LogP contribution in [0.5, 0.6) is 0 Å². The van der Waals surface area contributed by atoms with E-state index in [1.165, 1.54) is 12.1 Å². The average Bonchev–Trinajstić information content (AvgIpc) is 3.03. The van der Waals surface area contributed by atoms with E-state index < -0.39 is 28.8 Å². The number of rotatable bonds is 7. The van der Waals surface area contributed by atoms with E-state index in [0.717, 1.165) is 5.56 Å². The van der Waals surface area contributed by atoms with Crippen molar-refractivity contribution in [3.63, 3.8) is 0 Å². The summed E-state index contributed by atoms with van der Waals surface area (Å²) in [5.74, 6) is -2.19. The van der Waals surface area contributed by atoms with Gasteiger partial charge in [0.15, 0.2) is 0 Å². The molecule has 0 fully saturated rings. The van der Waals surface area contributed by atoms with Gasteiger partial charge in [0, 0.05) is 0 Å². The van der Waals surface area contributed by atoms with Crippen molar-refractivity contribution in [2.45, 2.75) is 57.7 Å². The Bertz CT molecular complexity index is 1100. The second kappa shape index (κ2) is 9.58. The van der Waals surface area contributed by atoms with Crippen molar-refractivity contribution in [1.29, 1.82) is 0 Å². The molecular weight excluding hydrogens is 421 g/mol. The van der Waals surface area contributed by atoms with Crippen LogP contribution in [0.25, 0.3) is 4.85 Å². The molecule has 2 aromatic rings. The lowest BCUT2D eigenvalue weighted by Crippen LogP contribution is -2.44. The highest BCUT2D eigenvalue weighted by Gasteiger charge is 2.55. The van der Waals surface area contributed by atoms with Crippen molar-refractivity contribution in [3.8, 4) is 0 Å². The van der Waals surface area contributed by atoms with E-state index in [0.29, 0.717) is 24.0 Å². The molecule has 0 bridgehead atoms. The molecule has 1 aliphatic carbocycles. The fourth-order valence-corrected chi connectivity index (χ4v) is 4.46. The Labute approximate surface area is 194 Å². The molecule has 0 aromatic heterocycles. The van der Waals surface area contributed by atoms with E-state index in [1.807, 2.05) is 30.3 Å². The molecule has 2 atom stereocenters. The van der Waals surface area contributed by atoms with Crippen LogP contribution in [0.4, 0.5) is 10.1 Å². The number of esters is 2. The molecule has 172 valence electrons. The molecule has 0 spiro atoms. The summed E-state index contributed by atoms with van der Waals surface area (Å²) in [5, 5.41) is 0. The molecule has 0 aliphatic heterocycles. The lowest BCUT2D eigenvalue weighted by molar-refractivity contribution is -0.165. The van der Waals surface area contributed by atoms with Gasteiger partial charge in [-0.05, 0) is 68.4 Å². The lowest BCUT2D eigenvalue weighted by Gasteiger charge is -2.34. The van der Waals surface area contributed by atoms with Crippen molar-refractivity contribution in [2.75, 3.05) is 0 Å². The smallest absolute Gasteiger partial charge is 0.317 e. The summed E-state index contributed by atoms with van der Waals surface area (Å²) in [6, 6.07) is 11.9. The van der Waals surface area contributed by atoms with E-state index in [9.17, 15) is 14.0 Å². The third kappa shape index (κ3) is 5.14. The monoisotopic (exact) mass is 449 g/mol. The molecule has 1 aliphatic rings. The molecule has 0 saturated heterocycles. The van der Waals surface area contributed by atoms with Crippen LogP contribution < -0.4 is 0 Å². The standard InChI is InChI=1S/C27H28FNO4/c1-6-10-20-13-19-14-22(28)23(29-5)15-21(19)27(20,16-24(30)33-26(2,3)4)25(31)32-17-18-11-8-7-9-12-18/h6-9,11-12,14-15,20H,1,10,13,16-17H2,2-4H3/t20-,27-/m0/s1. The van der Waals surface area contributed by atoms with Crippen molar-refractivity contribution >= 4 is 17.6 Å². The van der Waals surface area contributed by atoms with Crippen molar-refractivity contribution in [2.24, 2.45) is 5.92 Å². The minimum Gasteiger partial charge on any atom is -0.460 e. The molecule has 0 N–H and O–H groups in total. The number of allylic oxidation sites excluding steroid dienone is 1. The molecular formula is C27H28FNO4. The number of benzene rings is 2. The van der Waals surface area contributed by atoms with Crippen molar-refractivity contribution in [3.05, 3.63) is 89.0 Å². The van der Waals surface area contributed by atoms with Gasteiger partial charge in [0.25, 0.3) is 0 Å². The number of hydrogen-bond acceptors (Lipinski definition) is 4. The molecule has 0 radical (unpaired) electrons. The van der Waals surface area contributed by atoms with E-state index >= 15 is 0 Å². The van der Waals surface area contributed by atoms with Crippen LogP contribution in [0, 0.1) is 18.3 Å². The Balaban J connectivity index is 2.09. The van der Waals surface area contributed by atoms with Gasteiger partial charge in [0.2, 0.25) is 5.69 Å². The Hall–Kier alpha value is -3.46. The summed E-state index contributed by atoms with van der Waals surface area (Å²) in [4.78, 5) is 30.0. The number of fused-ring (bicyclic) bond motifs is 1. The zero-order chi connectivity index (χ0) is 24.2. The molecule has 0 amide bonds. The summed E-state index contributed by atoms with van der Waals surface area (Å²) in [6.45, 7) is 16.4. The normalized spacial score (nSPS) is 19.3. The van der Waals surface area contributed by atoms with Gasteiger partial charge in [0.1, 0.15) is 23.4 Å². The second-order valence-corrected chi connectivity index (χ2v) is 9.29. The van der Waals surface area contributed by atoms with Crippen LogP contribution in [0.3, 0.4) is 0 Å². The van der Waals surface area contributed by atoms with Gasteiger partial charge < -0.3 is 9.47 Å². The largest absolute Gasteiger partial charge is 0.460 e. The van der Waals surface area contributed by atoms with Crippen LogP contribution in [0.15, 0.2) is 55.1 Å². The predicted molar refractivity (Wildman–Crippen MR) is 123 cm³/mol. The third-order valence-electron chi connectivity index (χ3n) is 5.81. The summed E-state index contributed by atoms with van der Waals surface area (Å²) >= 11 is 0. The van der Waals surface area contributed by atoms with Crippen LogP contribution in [0.1, 0.15) is 50.3 Å². The molecule has 3 rings (SSSR count). The first-order valence-electron chi connectivity index (χ1n) is 10.8. The van der Waals surface area contributed by atoms with Crippen LogP contribution >= 0.6 is 0 Å². The van der Waals surface area contributed by atoms with Crippen LogP contribution in [-0.2, 0) is 37.5 Å². The van der Waals surface area contributed by atoms with Gasteiger partial charge in [-0.25, -0.2) is 9.24 Å². The van der Waals surface area contributed by atoms with Gasteiger partial charge in [-0.1, -0.05) is 36.4 Å². The van der Waals surface area contributed by atoms with Gasteiger partial charge in [-0.15, -0.1) is 6.58 Å². The number of carbonyl (C=O) groups is 2. The first-order chi connectivity index (χ1) is 15.6. The maximum Gasteiger partial charge on any atom is 0.317 e. The summed E-state index contributed by atoms with van der Waals surface area (Å²) in [5.41, 5.74) is -0.507. The number of halogens is 1. The lowest BCUT2D eigenvalue weighted by atomic mass is 9.70. The van der Waals surface area contributed by atoms with Gasteiger partial charge in [0.05, 0.1) is 13.0 Å². The topological polar surface area (TPSA) is 57.0 Å². The molecule has 5 nitrogen and oxygen atoms in total.